The molecule has 0 spiro atoms. The number of carbonyl (C=O) groups excluding carboxylic acids is 1. The lowest BCUT2D eigenvalue weighted by Crippen LogP contribution is -2.57. The Bertz CT molecular complexity index is 1190. The molecule has 0 saturated carbocycles. The lowest BCUT2D eigenvalue weighted by atomic mass is 10.1. The molecule has 11 heteroatoms. The lowest BCUT2D eigenvalue weighted by molar-refractivity contribution is -0.143. The zero-order valence-electron chi connectivity index (χ0n) is 18.2. The summed E-state index contributed by atoms with van der Waals surface area (Å²) in [5, 5.41) is 16.2. The number of piperazine rings is 1. The van der Waals surface area contributed by atoms with E-state index in [2.05, 4.69) is 26.2 Å². The van der Waals surface area contributed by atoms with Gasteiger partial charge in [-0.15, -0.1) is 0 Å². The maximum atomic E-state index is 12.9. The van der Waals surface area contributed by atoms with E-state index >= 15 is 0 Å². The number of H-pyrrole nitrogens is 1. The Morgan fingerprint density at radius 1 is 1.24 bits per heavy atom. The Morgan fingerprint density at radius 3 is 2.62 bits per heavy atom. The van der Waals surface area contributed by atoms with Gasteiger partial charge in [0.1, 0.15) is 11.9 Å². The Morgan fingerprint density at radius 2 is 2.00 bits per heavy atom. The number of nitrogens with zero attached hydrogens (tertiary/aromatic N) is 5. The number of ether oxygens (including phenoxy) is 1. The van der Waals surface area contributed by atoms with Crippen LogP contribution in [0.5, 0.6) is 0 Å². The van der Waals surface area contributed by atoms with Crippen LogP contribution < -0.4 is 4.90 Å². The largest absolute Gasteiger partial charge is 0.467 e. The predicted molar refractivity (Wildman–Crippen MR) is 116 cm³/mol. The third-order valence-corrected chi connectivity index (χ3v) is 5.71. The van der Waals surface area contributed by atoms with E-state index in [1.54, 1.807) is 23.2 Å². The zero-order valence-corrected chi connectivity index (χ0v) is 18.2. The van der Waals surface area contributed by atoms with Crippen LogP contribution in [0.1, 0.15) is 16.7 Å². The van der Waals surface area contributed by atoms with E-state index in [-0.39, 0.29) is 5.82 Å². The van der Waals surface area contributed by atoms with Crippen molar-refractivity contribution in [1.29, 1.82) is 5.26 Å². The fourth-order valence-electron chi connectivity index (χ4n) is 3.95. The van der Waals surface area contributed by atoms with Gasteiger partial charge in [0.05, 0.1) is 30.0 Å². The van der Waals surface area contributed by atoms with Crippen LogP contribution in [-0.2, 0) is 22.3 Å². The second-order valence-electron chi connectivity index (χ2n) is 7.82. The van der Waals surface area contributed by atoms with Gasteiger partial charge in [-0.2, -0.15) is 23.5 Å². The van der Waals surface area contributed by atoms with E-state index in [1.165, 1.54) is 13.2 Å². The van der Waals surface area contributed by atoms with Crippen molar-refractivity contribution in [3.8, 4) is 17.3 Å². The molecule has 0 unspecified atom stereocenters. The highest BCUT2D eigenvalue weighted by Crippen LogP contribution is 2.30. The zero-order chi connectivity index (χ0) is 24.3. The molecule has 4 rings (SSSR count). The van der Waals surface area contributed by atoms with E-state index < -0.39 is 23.8 Å². The minimum atomic E-state index is -4.48. The molecular formula is C23H21F3N6O2. The van der Waals surface area contributed by atoms with Gasteiger partial charge in [0.2, 0.25) is 0 Å². The number of anilines is 1. The number of methoxy groups -OCH3 is 1. The summed E-state index contributed by atoms with van der Waals surface area (Å²) in [6, 6.07) is 10.7. The molecule has 176 valence electrons. The van der Waals surface area contributed by atoms with Gasteiger partial charge in [-0.05, 0) is 24.3 Å². The fourth-order valence-corrected chi connectivity index (χ4v) is 3.95. The molecule has 1 aromatic carbocycles. The maximum Gasteiger partial charge on any atom is 0.417 e. The van der Waals surface area contributed by atoms with Crippen LogP contribution in [0.4, 0.5) is 19.0 Å². The molecule has 1 aliphatic heterocycles. The molecule has 3 aromatic rings. The van der Waals surface area contributed by atoms with Crippen molar-refractivity contribution in [2.75, 3.05) is 31.6 Å². The van der Waals surface area contributed by atoms with Gasteiger partial charge in [0, 0.05) is 49.7 Å². The molecule has 3 heterocycles. The molecule has 0 amide bonds. The molecule has 8 nitrogen and oxygen atoms in total. The van der Waals surface area contributed by atoms with Gasteiger partial charge in [0.15, 0.2) is 0 Å². The second-order valence-corrected chi connectivity index (χ2v) is 7.82. The SMILES string of the molecule is COC(=O)[C@@H]1CN(Cc2c[nH]nc2-c2ccc(C#N)cc2)CCN1c1ccc(C(F)(F)F)cn1. The van der Waals surface area contributed by atoms with Crippen LogP contribution in [0.25, 0.3) is 11.3 Å². The van der Waals surface area contributed by atoms with Gasteiger partial charge in [-0.25, -0.2) is 9.78 Å². The molecule has 1 fully saturated rings. The first-order valence-electron chi connectivity index (χ1n) is 10.4. The first-order chi connectivity index (χ1) is 16.3. The number of nitriles is 1. The second kappa shape index (κ2) is 9.52. The van der Waals surface area contributed by atoms with Crippen LogP contribution in [-0.4, -0.2) is 58.8 Å². The molecule has 0 aliphatic carbocycles. The third kappa shape index (κ3) is 4.87. The average Bonchev–Trinajstić information content (AvgIpc) is 3.31. The number of alkyl halides is 3. The molecule has 1 saturated heterocycles. The molecule has 0 radical (unpaired) electrons. The molecule has 1 atom stereocenters. The Labute approximate surface area is 193 Å². The van der Waals surface area contributed by atoms with Gasteiger partial charge in [0.25, 0.3) is 0 Å². The molecule has 2 aromatic heterocycles. The first-order valence-corrected chi connectivity index (χ1v) is 10.4. The van der Waals surface area contributed by atoms with Gasteiger partial charge >= 0.3 is 12.1 Å². The highest BCUT2D eigenvalue weighted by Gasteiger charge is 2.35. The molecule has 1 N–H and O–H groups in total. The number of halogens is 3. The number of esters is 1. The van der Waals surface area contributed by atoms with Crippen molar-refractivity contribution in [1.82, 2.24) is 20.1 Å². The normalized spacial score (nSPS) is 16.8. The minimum Gasteiger partial charge on any atom is -0.467 e. The Balaban J connectivity index is 1.51. The summed E-state index contributed by atoms with van der Waals surface area (Å²) in [5.74, 6) is -0.212. The maximum absolute atomic E-state index is 12.9. The highest BCUT2D eigenvalue weighted by molar-refractivity contribution is 5.80. The van der Waals surface area contributed by atoms with Crippen molar-refractivity contribution in [3.05, 3.63) is 65.5 Å². The predicted octanol–water partition coefficient (Wildman–Crippen LogP) is 3.23. The van der Waals surface area contributed by atoms with E-state index in [0.29, 0.717) is 31.7 Å². The summed E-state index contributed by atoms with van der Waals surface area (Å²) in [6.45, 7) is 1.72. The van der Waals surface area contributed by atoms with E-state index in [1.807, 2.05) is 12.1 Å². The quantitative estimate of drug-likeness (QED) is 0.572. The smallest absolute Gasteiger partial charge is 0.417 e. The number of aromatic amines is 1. The lowest BCUT2D eigenvalue weighted by Gasteiger charge is -2.40. The van der Waals surface area contributed by atoms with Crippen LogP contribution in [0.3, 0.4) is 0 Å². The van der Waals surface area contributed by atoms with Crippen LogP contribution in [0, 0.1) is 11.3 Å². The topological polar surface area (TPSA) is 98.1 Å². The number of rotatable bonds is 5. The summed E-state index contributed by atoms with van der Waals surface area (Å²) in [5.41, 5.74) is 2.21. The number of carbonyl (C=O) groups is 1. The standard InChI is InChI=1S/C23H21F3N6O2/c1-34-22(33)19-14-31(8-9-32(19)20-7-6-18(12-28-20)23(24,25)26)13-17-11-29-30-21(17)16-4-2-15(10-27)3-5-16/h2-7,11-12,19H,8-9,13-14H2,1H3,(H,29,30)/t19-/m0/s1. The van der Waals surface area contributed by atoms with E-state index in [0.717, 1.165) is 29.1 Å². The van der Waals surface area contributed by atoms with Crippen molar-refractivity contribution < 1.29 is 22.7 Å². The molecule has 1 aliphatic rings. The van der Waals surface area contributed by atoms with Crippen molar-refractivity contribution >= 4 is 11.8 Å². The van der Waals surface area contributed by atoms with Crippen molar-refractivity contribution in [3.63, 3.8) is 0 Å². The van der Waals surface area contributed by atoms with Gasteiger partial charge in [-0.1, -0.05) is 12.1 Å². The molecule has 0 bridgehead atoms. The summed E-state index contributed by atoms with van der Waals surface area (Å²) < 4.78 is 43.6. The number of hydrogen-bond donors (Lipinski definition) is 1. The minimum absolute atomic E-state index is 0.282. The van der Waals surface area contributed by atoms with Crippen molar-refractivity contribution in [2.24, 2.45) is 0 Å². The van der Waals surface area contributed by atoms with Crippen molar-refractivity contribution in [2.45, 2.75) is 18.8 Å². The number of benzene rings is 1. The van der Waals surface area contributed by atoms with Gasteiger partial charge < -0.3 is 9.64 Å². The molecular weight excluding hydrogens is 449 g/mol. The fraction of sp³-hybridized carbons (Fsp3) is 0.304. The summed E-state index contributed by atoms with van der Waals surface area (Å²) in [4.78, 5) is 20.2. The highest BCUT2D eigenvalue weighted by atomic mass is 19.4. The van der Waals surface area contributed by atoms with E-state index in [9.17, 15) is 18.0 Å². The van der Waals surface area contributed by atoms with Crippen LogP contribution in [0.15, 0.2) is 48.8 Å². The van der Waals surface area contributed by atoms with Gasteiger partial charge in [-0.3, -0.25) is 10.00 Å². The van der Waals surface area contributed by atoms with Crippen LogP contribution >= 0.6 is 0 Å². The first kappa shape index (κ1) is 23.3. The third-order valence-electron chi connectivity index (χ3n) is 5.71. The Kier molecular flexibility index (Phi) is 6.51. The molecule has 34 heavy (non-hydrogen) atoms. The summed E-state index contributed by atoms with van der Waals surface area (Å²) >= 11 is 0. The number of pyridine rings is 1. The Hall–Kier alpha value is -3.91. The van der Waals surface area contributed by atoms with E-state index in [4.69, 9.17) is 10.00 Å². The monoisotopic (exact) mass is 470 g/mol. The summed E-state index contributed by atoms with van der Waals surface area (Å²) in [6.07, 6.45) is -1.93. The van der Waals surface area contributed by atoms with Crippen LogP contribution in [0.2, 0.25) is 0 Å². The average molecular weight is 470 g/mol. The number of aromatic nitrogens is 3. The number of hydrogen-bond acceptors (Lipinski definition) is 7. The summed E-state index contributed by atoms with van der Waals surface area (Å²) in [7, 11) is 1.28. The number of nitrogens with one attached hydrogen (secondary N) is 1.